The molecule has 0 aliphatic rings. The van der Waals surface area contributed by atoms with Gasteiger partial charge in [0.25, 0.3) is 5.91 Å². The second kappa shape index (κ2) is 5.55. The van der Waals surface area contributed by atoms with Crippen molar-refractivity contribution in [3.8, 4) is 0 Å². The zero-order valence-electron chi connectivity index (χ0n) is 12.6. The molecular formula is C15H19N3O3. The molecule has 0 aromatic carbocycles. The summed E-state index contributed by atoms with van der Waals surface area (Å²) in [4.78, 5) is 23.2. The van der Waals surface area contributed by atoms with Crippen molar-refractivity contribution in [3.63, 3.8) is 0 Å². The number of amides is 1. The van der Waals surface area contributed by atoms with Gasteiger partial charge in [-0.1, -0.05) is 20.8 Å². The molecule has 2 aromatic rings. The van der Waals surface area contributed by atoms with E-state index in [-0.39, 0.29) is 17.7 Å². The Balaban J connectivity index is 2.36. The number of ether oxygens (including phenoxy) is 1. The van der Waals surface area contributed by atoms with Crippen molar-refractivity contribution in [2.75, 3.05) is 13.7 Å². The number of esters is 1. The Morgan fingerprint density at radius 3 is 2.71 bits per heavy atom. The van der Waals surface area contributed by atoms with Gasteiger partial charge in [-0.2, -0.15) is 5.10 Å². The van der Waals surface area contributed by atoms with Crippen LogP contribution in [0.2, 0.25) is 0 Å². The lowest BCUT2D eigenvalue weighted by Gasteiger charge is -2.21. The van der Waals surface area contributed by atoms with Gasteiger partial charge in [0.15, 0.2) is 0 Å². The molecule has 1 amide bonds. The van der Waals surface area contributed by atoms with E-state index in [9.17, 15) is 9.59 Å². The van der Waals surface area contributed by atoms with Gasteiger partial charge in [-0.05, 0) is 29.2 Å². The highest BCUT2D eigenvalue weighted by atomic mass is 16.5. The third kappa shape index (κ3) is 3.21. The van der Waals surface area contributed by atoms with Crippen LogP contribution in [0.25, 0.3) is 5.52 Å². The van der Waals surface area contributed by atoms with Crippen LogP contribution >= 0.6 is 0 Å². The highest BCUT2D eigenvalue weighted by Crippen LogP contribution is 2.27. The summed E-state index contributed by atoms with van der Waals surface area (Å²) in [6, 6.07) is 5.61. The molecular weight excluding hydrogens is 270 g/mol. The highest BCUT2D eigenvalue weighted by Gasteiger charge is 2.21. The summed E-state index contributed by atoms with van der Waals surface area (Å²) in [5, 5.41) is 6.76. The smallest absolute Gasteiger partial charge is 0.325 e. The van der Waals surface area contributed by atoms with Gasteiger partial charge >= 0.3 is 5.97 Å². The molecule has 2 rings (SSSR count). The van der Waals surface area contributed by atoms with Crippen molar-refractivity contribution in [1.29, 1.82) is 0 Å². The lowest BCUT2D eigenvalue weighted by Crippen LogP contribution is -2.31. The van der Waals surface area contributed by atoms with Crippen LogP contribution in [0, 0.1) is 0 Å². The van der Waals surface area contributed by atoms with E-state index in [2.05, 4.69) is 35.9 Å². The number of methoxy groups -OCH3 is 1. The van der Waals surface area contributed by atoms with Crippen molar-refractivity contribution in [3.05, 3.63) is 35.7 Å². The Hall–Kier alpha value is -2.37. The van der Waals surface area contributed by atoms with Gasteiger partial charge in [-0.25, -0.2) is 4.52 Å². The molecule has 1 N–H and O–H groups in total. The topological polar surface area (TPSA) is 72.7 Å². The quantitative estimate of drug-likeness (QED) is 0.870. The minimum absolute atomic E-state index is 0.125. The van der Waals surface area contributed by atoms with Gasteiger partial charge in [0.2, 0.25) is 0 Å². The lowest BCUT2D eigenvalue weighted by molar-refractivity contribution is -0.139. The van der Waals surface area contributed by atoms with E-state index in [1.54, 1.807) is 16.8 Å². The number of hydrogen-bond acceptors (Lipinski definition) is 4. The van der Waals surface area contributed by atoms with Gasteiger partial charge in [0.1, 0.15) is 12.2 Å². The second-order valence-corrected chi connectivity index (χ2v) is 5.79. The first-order valence-electron chi connectivity index (χ1n) is 6.67. The predicted octanol–water partition coefficient (Wildman–Crippen LogP) is 1.53. The minimum atomic E-state index is -0.499. The largest absolute Gasteiger partial charge is 0.468 e. The molecule has 2 heterocycles. The molecule has 0 aliphatic carbocycles. The zero-order chi connectivity index (χ0) is 15.6. The molecule has 6 heteroatoms. The number of aromatic nitrogens is 2. The van der Waals surface area contributed by atoms with Crippen LogP contribution in [0.1, 0.15) is 36.8 Å². The van der Waals surface area contributed by atoms with E-state index < -0.39 is 11.9 Å². The maximum Gasteiger partial charge on any atom is 0.325 e. The van der Waals surface area contributed by atoms with Gasteiger partial charge < -0.3 is 10.1 Å². The summed E-state index contributed by atoms with van der Waals surface area (Å²) in [5.41, 5.74) is 2.13. The van der Waals surface area contributed by atoms with E-state index in [4.69, 9.17) is 0 Å². The Kier molecular flexibility index (Phi) is 3.97. The van der Waals surface area contributed by atoms with Crippen LogP contribution in [0.4, 0.5) is 0 Å². The van der Waals surface area contributed by atoms with E-state index in [1.807, 2.05) is 12.1 Å². The van der Waals surface area contributed by atoms with Crippen molar-refractivity contribution >= 4 is 17.4 Å². The molecule has 0 saturated carbocycles. The number of hydrogen-bond donors (Lipinski definition) is 1. The molecule has 6 nitrogen and oxygen atoms in total. The molecule has 2 aromatic heterocycles. The molecule has 0 aliphatic heterocycles. The van der Waals surface area contributed by atoms with E-state index in [0.717, 1.165) is 11.1 Å². The van der Waals surface area contributed by atoms with Gasteiger partial charge in [-0.15, -0.1) is 0 Å². The fourth-order valence-electron chi connectivity index (χ4n) is 2.06. The summed E-state index contributed by atoms with van der Waals surface area (Å²) < 4.78 is 6.17. The van der Waals surface area contributed by atoms with Crippen LogP contribution in [-0.2, 0) is 14.9 Å². The van der Waals surface area contributed by atoms with Gasteiger partial charge in [-0.3, -0.25) is 9.59 Å². The van der Waals surface area contributed by atoms with Crippen LogP contribution in [-0.4, -0.2) is 35.1 Å². The Morgan fingerprint density at radius 2 is 2.10 bits per heavy atom. The first-order valence-corrected chi connectivity index (χ1v) is 6.67. The van der Waals surface area contributed by atoms with E-state index >= 15 is 0 Å². The van der Waals surface area contributed by atoms with E-state index in [1.165, 1.54) is 7.11 Å². The Bertz CT molecular complexity index is 683. The molecule has 0 unspecified atom stereocenters. The molecule has 0 radical (unpaired) electrons. The third-order valence-corrected chi connectivity index (χ3v) is 3.16. The molecule has 112 valence electrons. The standard InChI is InChI=1S/C15H19N3O3/c1-15(2,3)10-8-11(14(20)16-9-13(19)21-4)17-18-7-5-6-12(10)18/h5-8H,9H2,1-4H3,(H,16,20). The Morgan fingerprint density at radius 1 is 1.38 bits per heavy atom. The van der Waals surface area contributed by atoms with Crippen molar-refractivity contribution in [2.45, 2.75) is 26.2 Å². The number of nitrogens with one attached hydrogen (secondary N) is 1. The average Bonchev–Trinajstić information content (AvgIpc) is 2.90. The summed E-state index contributed by atoms with van der Waals surface area (Å²) in [6.07, 6.45) is 1.79. The molecule has 0 bridgehead atoms. The van der Waals surface area contributed by atoms with Crippen LogP contribution in [0.5, 0.6) is 0 Å². The maximum absolute atomic E-state index is 12.1. The maximum atomic E-state index is 12.1. The fraction of sp³-hybridized carbons (Fsp3) is 0.400. The normalized spacial score (nSPS) is 11.4. The number of rotatable bonds is 3. The first kappa shape index (κ1) is 15.0. The fourth-order valence-corrected chi connectivity index (χ4v) is 2.06. The highest BCUT2D eigenvalue weighted by molar-refractivity contribution is 5.94. The molecule has 0 atom stereocenters. The van der Waals surface area contributed by atoms with Gasteiger partial charge in [0.05, 0.1) is 12.6 Å². The minimum Gasteiger partial charge on any atom is -0.468 e. The summed E-state index contributed by atoms with van der Waals surface area (Å²) >= 11 is 0. The van der Waals surface area contributed by atoms with Crippen molar-refractivity contribution in [2.24, 2.45) is 0 Å². The van der Waals surface area contributed by atoms with Crippen molar-refractivity contribution < 1.29 is 14.3 Å². The SMILES string of the molecule is COC(=O)CNC(=O)c1cc(C(C)(C)C)c2cccn2n1. The molecule has 21 heavy (non-hydrogen) atoms. The average molecular weight is 289 g/mol. The first-order chi connectivity index (χ1) is 9.82. The van der Waals surface area contributed by atoms with Crippen LogP contribution in [0.15, 0.2) is 24.4 Å². The summed E-state index contributed by atoms with van der Waals surface area (Å²) in [6.45, 7) is 6.05. The van der Waals surface area contributed by atoms with Crippen LogP contribution < -0.4 is 5.32 Å². The zero-order valence-corrected chi connectivity index (χ0v) is 12.6. The molecule has 0 saturated heterocycles. The monoisotopic (exact) mass is 289 g/mol. The van der Waals surface area contributed by atoms with Gasteiger partial charge in [0, 0.05) is 6.20 Å². The molecule has 0 spiro atoms. The van der Waals surface area contributed by atoms with Crippen LogP contribution in [0.3, 0.4) is 0 Å². The predicted molar refractivity (Wildman–Crippen MR) is 78.2 cm³/mol. The number of fused-ring (bicyclic) bond motifs is 1. The third-order valence-electron chi connectivity index (χ3n) is 3.16. The number of carbonyl (C=O) groups is 2. The second-order valence-electron chi connectivity index (χ2n) is 5.79. The van der Waals surface area contributed by atoms with Crippen molar-refractivity contribution in [1.82, 2.24) is 14.9 Å². The number of carbonyl (C=O) groups excluding carboxylic acids is 2. The molecule has 0 fully saturated rings. The summed E-state index contributed by atoms with van der Waals surface area (Å²) in [5.74, 6) is -0.900. The lowest BCUT2D eigenvalue weighted by atomic mass is 9.86. The van der Waals surface area contributed by atoms with E-state index in [0.29, 0.717) is 0 Å². The Labute approximate surface area is 123 Å². The summed E-state index contributed by atoms with van der Waals surface area (Å²) in [7, 11) is 1.27. The number of nitrogens with zero attached hydrogens (tertiary/aromatic N) is 2.